The average Bonchev–Trinajstić information content (AvgIpc) is 3.53. The molecule has 3 aliphatic heterocycles. The van der Waals surface area contributed by atoms with Crippen LogP contribution in [0.25, 0.3) is 39.8 Å². The van der Waals surface area contributed by atoms with Crippen LogP contribution in [0.2, 0.25) is 0 Å². The summed E-state index contributed by atoms with van der Waals surface area (Å²) in [4.78, 5) is 48.1. The highest BCUT2D eigenvalue weighted by atomic mass is 16.7. The summed E-state index contributed by atoms with van der Waals surface area (Å²) < 4.78 is 30.6. The molecule has 0 spiro atoms. The number of fused-ring (bicyclic) bond motifs is 2. The molecule has 4 bridgehead atoms. The van der Waals surface area contributed by atoms with Crippen molar-refractivity contribution in [1.82, 2.24) is 9.88 Å². The lowest BCUT2D eigenvalue weighted by molar-refractivity contribution is -0.160. The molecule has 0 radical (unpaired) electrons. The minimum absolute atomic E-state index is 0.00110. The number of amides is 1. The number of nitrogens with one attached hydrogen (secondary N) is 1. The van der Waals surface area contributed by atoms with Crippen LogP contribution in [0.5, 0.6) is 11.5 Å². The van der Waals surface area contributed by atoms with Crippen LogP contribution in [0, 0.1) is 30.6 Å². The molecule has 4 aliphatic rings. The van der Waals surface area contributed by atoms with Gasteiger partial charge in [0.05, 0.1) is 41.2 Å². The van der Waals surface area contributed by atoms with Crippen molar-refractivity contribution in [3.8, 4) is 11.5 Å². The first-order valence-electron chi connectivity index (χ1n) is 21.7. The van der Waals surface area contributed by atoms with Gasteiger partial charge in [0.1, 0.15) is 28.8 Å². The first-order chi connectivity index (χ1) is 29.9. The van der Waals surface area contributed by atoms with E-state index in [4.69, 9.17) is 28.3 Å². The number of methoxy groups -OCH3 is 1. The third-order valence-electron chi connectivity index (χ3n) is 13.2. The number of phenols is 1. The van der Waals surface area contributed by atoms with Crippen molar-refractivity contribution in [3.63, 3.8) is 0 Å². The number of piperidine rings is 1. The zero-order chi connectivity index (χ0) is 45.7. The van der Waals surface area contributed by atoms with Gasteiger partial charge in [-0.25, -0.2) is 4.98 Å². The molecular formula is C48H59N3O12. The van der Waals surface area contributed by atoms with E-state index in [0.717, 1.165) is 32.4 Å². The van der Waals surface area contributed by atoms with Crippen LogP contribution >= 0.6 is 0 Å². The first-order valence-corrected chi connectivity index (χ1v) is 21.7. The summed E-state index contributed by atoms with van der Waals surface area (Å²) in [5.74, 6) is -6.55. The van der Waals surface area contributed by atoms with Crippen molar-refractivity contribution in [3.05, 3.63) is 74.3 Å². The number of nitrogens with zero attached hydrogens (tertiary/aromatic N) is 2. The van der Waals surface area contributed by atoms with Crippen molar-refractivity contribution in [1.29, 1.82) is 0 Å². The predicted octanol–water partition coefficient (Wildman–Crippen LogP) is 4.99. The van der Waals surface area contributed by atoms with Crippen LogP contribution in [0.1, 0.15) is 79.0 Å². The standard InChI is InChI=1S/C48H59N3O12/c1-23-14-13-15-24(2)47(58)50-38-42(56)35-34(37-45(38)62-33-22-30(16-17-31(33)49-37)51-19-11-10-12-20-51)36-44(28(6)41(35)55)63-48(8,46(36)57)60-21-18-32(59-9)25(3)43(61-29(7)52)27(5)40(54)26(4)39(23)53/h13-18,21-23,25-27,30,32,39-40,43,53-54,56-57H,10-12,19-20H2,1-9H3,(H,50,58)/b14-13+,21-18+,24-15-/t23-,25+,26+,27+,30?,32-,39-,40+,43+,48-/m0/s1. The minimum Gasteiger partial charge on any atom is -0.505 e. The number of hydrogen-bond acceptors (Lipinski definition) is 14. The zero-order valence-electron chi connectivity index (χ0n) is 37.3. The Morgan fingerprint density at radius 2 is 1.68 bits per heavy atom. The summed E-state index contributed by atoms with van der Waals surface area (Å²) in [7, 11) is 1.47. The second-order valence-corrected chi connectivity index (χ2v) is 17.6. The van der Waals surface area contributed by atoms with Gasteiger partial charge >= 0.3 is 11.8 Å². The molecule has 0 saturated carbocycles. The van der Waals surface area contributed by atoms with Gasteiger partial charge in [-0.3, -0.25) is 19.3 Å². The van der Waals surface area contributed by atoms with Crippen molar-refractivity contribution in [2.75, 3.05) is 25.5 Å². The molecule has 3 aromatic rings. The highest BCUT2D eigenvalue weighted by molar-refractivity contribution is 6.18. The molecule has 5 N–H and O–H groups in total. The molecule has 1 saturated heterocycles. The molecule has 4 heterocycles. The number of aromatic hydroxyl groups is 1. The number of esters is 1. The van der Waals surface area contributed by atoms with E-state index >= 15 is 0 Å². The van der Waals surface area contributed by atoms with Crippen LogP contribution in [-0.4, -0.2) is 98.6 Å². The van der Waals surface area contributed by atoms with Crippen LogP contribution in [0.4, 0.5) is 5.69 Å². The number of benzene rings is 2. The van der Waals surface area contributed by atoms with Gasteiger partial charge in [-0.1, -0.05) is 58.4 Å². The lowest BCUT2D eigenvalue weighted by Gasteiger charge is -2.38. The zero-order valence-corrected chi connectivity index (χ0v) is 37.3. The number of aromatic nitrogens is 1. The van der Waals surface area contributed by atoms with Crippen LogP contribution in [-0.2, 0) is 23.8 Å². The molecular weight excluding hydrogens is 811 g/mol. The normalized spacial score (nSPS) is 32.6. The van der Waals surface area contributed by atoms with Crippen LogP contribution < -0.4 is 26.1 Å². The van der Waals surface area contributed by atoms with E-state index in [0.29, 0.717) is 11.1 Å². The second kappa shape index (κ2) is 17.9. The van der Waals surface area contributed by atoms with Gasteiger partial charge < -0.3 is 49.1 Å². The molecule has 63 heavy (non-hydrogen) atoms. The molecule has 1 fully saturated rings. The number of anilines is 1. The smallest absolute Gasteiger partial charge is 0.307 e. The van der Waals surface area contributed by atoms with Crippen molar-refractivity contribution >= 4 is 57.3 Å². The van der Waals surface area contributed by atoms with E-state index in [9.17, 15) is 34.8 Å². The van der Waals surface area contributed by atoms with Crippen LogP contribution in [0.15, 0.2) is 51.4 Å². The highest BCUT2D eigenvalue weighted by Gasteiger charge is 2.44. The summed E-state index contributed by atoms with van der Waals surface area (Å²) in [5, 5.41) is 49.9. The maximum atomic E-state index is 14.4. The number of likely N-dealkylation sites (tertiary alicyclic amines) is 1. The van der Waals surface area contributed by atoms with Crippen molar-refractivity contribution in [2.24, 2.45) is 23.7 Å². The fraction of sp³-hybridized carbons (Fsp3) is 0.500. The van der Waals surface area contributed by atoms with E-state index in [1.54, 1.807) is 52.8 Å². The number of carbonyl (C=O) groups excluding carboxylic acids is 2. The third kappa shape index (κ3) is 8.39. The minimum atomic E-state index is -1.91. The molecule has 10 atom stereocenters. The summed E-state index contributed by atoms with van der Waals surface area (Å²) in [6.45, 7) is 14.6. The van der Waals surface area contributed by atoms with E-state index in [-0.39, 0.29) is 55.7 Å². The third-order valence-corrected chi connectivity index (χ3v) is 13.2. The Kier molecular flexibility index (Phi) is 13.0. The van der Waals surface area contributed by atoms with Gasteiger partial charge in [0.2, 0.25) is 0 Å². The summed E-state index contributed by atoms with van der Waals surface area (Å²) >= 11 is 0. The Morgan fingerprint density at radius 1 is 0.968 bits per heavy atom. The number of aliphatic hydroxyl groups is 3. The number of carbonyl (C=O) groups is 2. The van der Waals surface area contributed by atoms with Gasteiger partial charge in [-0.2, -0.15) is 0 Å². The quantitative estimate of drug-likeness (QED) is 0.134. The number of allylic oxidation sites excluding steroid dienone is 2. The number of phenolic OH excluding ortho intramolecular Hbond substituents is 1. The van der Waals surface area contributed by atoms with Gasteiger partial charge in [0, 0.05) is 61.2 Å². The van der Waals surface area contributed by atoms with E-state index < -0.39 is 82.7 Å². The molecule has 2 aromatic carbocycles. The fourth-order valence-electron chi connectivity index (χ4n) is 9.32. The predicted molar refractivity (Wildman–Crippen MR) is 238 cm³/mol. The molecule has 1 unspecified atom stereocenters. The largest absolute Gasteiger partial charge is 0.505 e. The van der Waals surface area contributed by atoms with Gasteiger partial charge in [-0.05, 0) is 58.0 Å². The topological polar surface area (TPSA) is 210 Å². The van der Waals surface area contributed by atoms with Gasteiger partial charge in [-0.15, -0.1) is 0 Å². The Hall–Kier alpha value is -5.48. The highest BCUT2D eigenvalue weighted by Crippen LogP contribution is 2.42. The second-order valence-electron chi connectivity index (χ2n) is 17.6. The number of hydrogen-bond donors (Lipinski definition) is 5. The fourth-order valence-corrected chi connectivity index (χ4v) is 9.32. The van der Waals surface area contributed by atoms with Crippen molar-refractivity contribution in [2.45, 2.75) is 111 Å². The van der Waals surface area contributed by atoms with Gasteiger partial charge in [0.15, 0.2) is 27.9 Å². The number of aliphatic hydroxyl groups excluding tert-OH is 3. The Bertz CT molecular complexity index is 2620. The summed E-state index contributed by atoms with van der Waals surface area (Å²) in [6, 6.07) is -0.0838. The lowest BCUT2D eigenvalue weighted by atomic mass is 9.78. The van der Waals surface area contributed by atoms with Crippen LogP contribution in [0.3, 0.4) is 0 Å². The molecule has 15 nitrogen and oxygen atoms in total. The molecule has 1 aromatic heterocycles. The molecule has 7 rings (SSSR count). The maximum absolute atomic E-state index is 14.4. The number of rotatable bonds is 3. The summed E-state index contributed by atoms with van der Waals surface area (Å²) in [5.41, 5.74) is 0.301. The Balaban J connectivity index is 1.46. The Morgan fingerprint density at radius 3 is 2.37 bits per heavy atom. The van der Waals surface area contributed by atoms with E-state index in [1.165, 1.54) is 40.2 Å². The molecule has 338 valence electrons. The first kappa shape index (κ1) is 45.5. The average molecular weight is 870 g/mol. The summed E-state index contributed by atoms with van der Waals surface area (Å²) in [6.07, 6.45) is 13.0. The monoisotopic (exact) mass is 869 g/mol. The molecule has 1 aliphatic carbocycles. The SMILES string of the molecule is CO[C@H]1/C=C/O[C@@]2(C)Oc3c(C)c(=O)c4c(O)c(c5oc6c(nc5c4c3=C2O)C=CC(N2CCCCC2)C=6)NC(=O)/C(C)=C\C=C\[C@H](C)[C@H](O)[C@@H](C)[C@@H](O)[C@@H](C)[C@H](OC(C)=O)[C@@H]1C. The lowest BCUT2D eigenvalue weighted by Crippen LogP contribution is -2.46. The van der Waals surface area contributed by atoms with E-state index in [1.807, 2.05) is 18.2 Å². The number of ether oxygens (including phenoxy) is 4. The Labute approximate surface area is 365 Å². The van der Waals surface area contributed by atoms with Gasteiger partial charge in [0.25, 0.3) is 5.91 Å². The maximum Gasteiger partial charge on any atom is 0.307 e. The molecule has 15 heteroatoms. The van der Waals surface area contributed by atoms with E-state index in [2.05, 4.69) is 10.2 Å². The molecule has 1 amide bonds. The van der Waals surface area contributed by atoms with Crippen molar-refractivity contribution < 1.29 is 53.4 Å².